The Morgan fingerprint density at radius 1 is 1.27 bits per heavy atom. The van der Waals surface area contributed by atoms with Crippen molar-refractivity contribution in [2.24, 2.45) is 11.7 Å². The standard InChI is InChI=1S/C12H17N3/c13-12-7-11-2-1-9(12)8-15(11)10-3-5-14-6-4-10/h3-6,9,11-12H,1-2,7-8,13H2. The van der Waals surface area contributed by atoms with E-state index in [1.165, 1.54) is 18.5 Å². The second-order valence-electron chi connectivity index (χ2n) is 4.75. The summed E-state index contributed by atoms with van der Waals surface area (Å²) in [7, 11) is 0. The van der Waals surface area contributed by atoms with Crippen LogP contribution in [0.15, 0.2) is 24.5 Å². The number of rotatable bonds is 1. The van der Waals surface area contributed by atoms with Crippen LogP contribution in [0.25, 0.3) is 0 Å². The van der Waals surface area contributed by atoms with Gasteiger partial charge < -0.3 is 10.6 Å². The maximum absolute atomic E-state index is 6.12. The van der Waals surface area contributed by atoms with Crippen LogP contribution in [-0.4, -0.2) is 23.6 Å². The van der Waals surface area contributed by atoms with Crippen LogP contribution in [-0.2, 0) is 0 Å². The van der Waals surface area contributed by atoms with Crippen LogP contribution < -0.4 is 10.6 Å². The highest BCUT2D eigenvalue weighted by Gasteiger charge is 2.38. The largest absolute Gasteiger partial charge is 0.368 e. The summed E-state index contributed by atoms with van der Waals surface area (Å²) >= 11 is 0. The van der Waals surface area contributed by atoms with Gasteiger partial charge in [0.05, 0.1) is 0 Å². The molecule has 2 bridgehead atoms. The first kappa shape index (κ1) is 9.16. The first-order valence-corrected chi connectivity index (χ1v) is 5.77. The van der Waals surface area contributed by atoms with E-state index in [9.17, 15) is 0 Å². The molecule has 0 radical (unpaired) electrons. The van der Waals surface area contributed by atoms with Crippen LogP contribution >= 0.6 is 0 Å². The van der Waals surface area contributed by atoms with Crippen molar-refractivity contribution in [3.05, 3.63) is 24.5 Å². The normalized spacial score (nSPS) is 34.5. The minimum atomic E-state index is 0.432. The molecule has 3 aliphatic rings. The molecule has 2 aliphatic heterocycles. The van der Waals surface area contributed by atoms with Gasteiger partial charge >= 0.3 is 0 Å². The molecule has 1 aliphatic carbocycles. The Labute approximate surface area is 90.3 Å². The number of anilines is 1. The predicted molar refractivity (Wildman–Crippen MR) is 60.7 cm³/mol. The van der Waals surface area contributed by atoms with Gasteiger partial charge in [0.25, 0.3) is 0 Å². The number of hydrogen-bond acceptors (Lipinski definition) is 3. The smallest absolute Gasteiger partial charge is 0.0399 e. The van der Waals surface area contributed by atoms with Crippen molar-refractivity contribution in [2.45, 2.75) is 31.3 Å². The van der Waals surface area contributed by atoms with E-state index >= 15 is 0 Å². The van der Waals surface area contributed by atoms with Gasteiger partial charge in [0.1, 0.15) is 0 Å². The molecule has 3 heterocycles. The van der Waals surface area contributed by atoms with Crippen molar-refractivity contribution < 1.29 is 0 Å². The molecule has 0 aromatic carbocycles. The lowest BCUT2D eigenvalue weighted by Gasteiger charge is -2.49. The lowest BCUT2D eigenvalue weighted by molar-refractivity contribution is 0.217. The first-order valence-electron chi connectivity index (χ1n) is 5.77. The molecule has 4 rings (SSSR count). The van der Waals surface area contributed by atoms with Crippen molar-refractivity contribution >= 4 is 5.69 Å². The molecule has 2 N–H and O–H groups in total. The van der Waals surface area contributed by atoms with Gasteiger partial charge in [0, 0.05) is 36.7 Å². The summed E-state index contributed by atoms with van der Waals surface area (Å²) in [6, 6.07) is 5.30. The van der Waals surface area contributed by atoms with Crippen molar-refractivity contribution in [1.29, 1.82) is 0 Å². The van der Waals surface area contributed by atoms with Crippen LogP contribution in [0.1, 0.15) is 19.3 Å². The summed E-state index contributed by atoms with van der Waals surface area (Å²) in [6.07, 6.45) is 7.52. The maximum atomic E-state index is 6.12. The molecule has 1 saturated carbocycles. The Kier molecular flexibility index (Phi) is 2.13. The molecule has 3 heteroatoms. The topological polar surface area (TPSA) is 42.1 Å². The van der Waals surface area contributed by atoms with E-state index in [0.717, 1.165) is 13.0 Å². The summed E-state index contributed by atoms with van der Waals surface area (Å²) in [5, 5.41) is 0. The number of nitrogens with two attached hydrogens (primary N) is 1. The van der Waals surface area contributed by atoms with E-state index < -0.39 is 0 Å². The van der Waals surface area contributed by atoms with Crippen molar-refractivity contribution in [3.63, 3.8) is 0 Å². The van der Waals surface area contributed by atoms with E-state index in [1.54, 1.807) is 0 Å². The van der Waals surface area contributed by atoms with E-state index in [2.05, 4.69) is 22.0 Å². The average molecular weight is 203 g/mol. The zero-order valence-electron chi connectivity index (χ0n) is 8.84. The molecule has 1 aromatic rings. The first-order chi connectivity index (χ1) is 7.34. The molecule has 80 valence electrons. The number of hydrogen-bond donors (Lipinski definition) is 1. The zero-order chi connectivity index (χ0) is 10.3. The molecular formula is C12H17N3. The van der Waals surface area contributed by atoms with Gasteiger partial charge in [0.2, 0.25) is 0 Å². The van der Waals surface area contributed by atoms with Crippen LogP contribution in [0, 0.1) is 5.92 Å². The Bertz CT molecular complexity index is 338. The lowest BCUT2D eigenvalue weighted by atomic mass is 9.76. The van der Waals surface area contributed by atoms with Gasteiger partial charge in [-0.2, -0.15) is 0 Å². The second-order valence-corrected chi connectivity index (χ2v) is 4.75. The van der Waals surface area contributed by atoms with Crippen LogP contribution in [0.4, 0.5) is 5.69 Å². The number of aromatic nitrogens is 1. The monoisotopic (exact) mass is 203 g/mol. The number of pyridine rings is 1. The van der Waals surface area contributed by atoms with Gasteiger partial charge in [-0.15, -0.1) is 0 Å². The van der Waals surface area contributed by atoms with E-state index in [-0.39, 0.29) is 0 Å². The Morgan fingerprint density at radius 2 is 2.07 bits per heavy atom. The minimum Gasteiger partial charge on any atom is -0.368 e. The molecule has 3 unspecified atom stereocenters. The summed E-state index contributed by atoms with van der Waals surface area (Å²) in [5.74, 6) is 0.697. The lowest BCUT2D eigenvalue weighted by Crippen LogP contribution is -2.56. The summed E-state index contributed by atoms with van der Waals surface area (Å²) in [4.78, 5) is 6.58. The fourth-order valence-corrected chi connectivity index (χ4v) is 3.01. The highest BCUT2D eigenvalue weighted by Crippen LogP contribution is 2.36. The summed E-state index contributed by atoms with van der Waals surface area (Å²) in [5.41, 5.74) is 7.43. The predicted octanol–water partition coefficient (Wildman–Crippen LogP) is 1.40. The maximum Gasteiger partial charge on any atom is 0.0399 e. The Morgan fingerprint density at radius 3 is 2.67 bits per heavy atom. The van der Waals surface area contributed by atoms with Gasteiger partial charge in [-0.25, -0.2) is 0 Å². The molecule has 3 nitrogen and oxygen atoms in total. The number of nitrogens with zero attached hydrogens (tertiary/aromatic N) is 2. The summed E-state index contributed by atoms with van der Waals surface area (Å²) < 4.78 is 0. The Balaban J connectivity index is 1.85. The molecule has 0 spiro atoms. The van der Waals surface area contributed by atoms with Crippen molar-refractivity contribution in [3.8, 4) is 0 Å². The quantitative estimate of drug-likeness (QED) is 0.750. The molecule has 1 aromatic heterocycles. The van der Waals surface area contributed by atoms with Crippen LogP contribution in [0.3, 0.4) is 0 Å². The third kappa shape index (κ3) is 1.51. The number of fused-ring (bicyclic) bond motifs is 3. The summed E-state index contributed by atoms with van der Waals surface area (Å²) in [6.45, 7) is 1.13. The van der Waals surface area contributed by atoms with Gasteiger partial charge in [-0.3, -0.25) is 4.98 Å². The van der Waals surface area contributed by atoms with Crippen LogP contribution in [0.2, 0.25) is 0 Å². The van der Waals surface area contributed by atoms with Gasteiger partial charge in [-0.1, -0.05) is 0 Å². The SMILES string of the molecule is NC1CC2CCC1CN2c1ccncc1. The van der Waals surface area contributed by atoms with Gasteiger partial charge in [-0.05, 0) is 37.3 Å². The molecule has 15 heavy (non-hydrogen) atoms. The third-order valence-corrected chi connectivity index (χ3v) is 3.89. The Hall–Kier alpha value is -1.09. The van der Waals surface area contributed by atoms with E-state index in [4.69, 9.17) is 5.73 Å². The highest BCUT2D eigenvalue weighted by atomic mass is 15.2. The van der Waals surface area contributed by atoms with E-state index in [0.29, 0.717) is 18.0 Å². The molecule has 2 saturated heterocycles. The average Bonchev–Trinajstić information content (AvgIpc) is 2.31. The molecule has 3 fully saturated rings. The minimum absolute atomic E-state index is 0.432. The molecule has 3 atom stereocenters. The molecule has 0 amide bonds. The third-order valence-electron chi connectivity index (χ3n) is 3.89. The van der Waals surface area contributed by atoms with E-state index in [1.807, 2.05) is 12.4 Å². The fraction of sp³-hybridized carbons (Fsp3) is 0.583. The van der Waals surface area contributed by atoms with Crippen molar-refractivity contribution in [2.75, 3.05) is 11.4 Å². The van der Waals surface area contributed by atoms with Crippen molar-refractivity contribution in [1.82, 2.24) is 4.98 Å². The zero-order valence-corrected chi connectivity index (χ0v) is 8.84. The van der Waals surface area contributed by atoms with Crippen LogP contribution in [0.5, 0.6) is 0 Å². The van der Waals surface area contributed by atoms with Gasteiger partial charge in [0.15, 0.2) is 0 Å². The molecular weight excluding hydrogens is 186 g/mol. The highest BCUT2D eigenvalue weighted by molar-refractivity contribution is 5.47. The fourth-order valence-electron chi connectivity index (χ4n) is 3.01. The number of piperidine rings is 2. The second kappa shape index (κ2) is 3.49.